The normalized spacial score (nSPS) is 11.3. The first-order valence-electron chi connectivity index (χ1n) is 8.19. The Morgan fingerprint density at radius 3 is 2.58 bits per heavy atom. The van der Waals surface area contributed by atoms with Crippen LogP contribution < -0.4 is 0 Å². The third-order valence-electron chi connectivity index (χ3n) is 3.72. The predicted octanol–water partition coefficient (Wildman–Crippen LogP) is 3.73. The molecule has 0 aliphatic carbocycles. The minimum Gasteiger partial charge on any atom is -0.493 e. The highest BCUT2D eigenvalue weighted by Gasteiger charge is 2.18. The summed E-state index contributed by atoms with van der Waals surface area (Å²) >= 11 is 0. The fourth-order valence-electron chi connectivity index (χ4n) is 2.71. The van der Waals surface area contributed by atoms with Crippen LogP contribution in [-0.2, 0) is 16.1 Å². The predicted molar refractivity (Wildman–Crippen MR) is 95.9 cm³/mol. The van der Waals surface area contributed by atoms with Crippen molar-refractivity contribution >= 4 is 28.5 Å². The summed E-state index contributed by atoms with van der Waals surface area (Å²) < 4.78 is 6.42. The fraction of sp³-hybridized carbons (Fsp3) is 0.278. The molecule has 0 unspecified atom stereocenters. The molecule has 2 aromatic heterocycles. The Morgan fingerprint density at radius 1 is 1.19 bits per heavy atom. The van der Waals surface area contributed by atoms with Crippen LogP contribution in [-0.4, -0.2) is 32.2 Å². The van der Waals surface area contributed by atoms with Crippen molar-refractivity contribution in [3.05, 3.63) is 41.7 Å². The molecule has 0 saturated heterocycles. The molecular formula is C18H19N5O3. The van der Waals surface area contributed by atoms with Crippen LogP contribution >= 0.6 is 0 Å². The zero-order chi connectivity index (χ0) is 18.7. The summed E-state index contributed by atoms with van der Waals surface area (Å²) in [5.74, 6) is -0.388. The molecule has 0 aliphatic heterocycles. The van der Waals surface area contributed by atoms with E-state index in [1.165, 1.54) is 4.57 Å². The van der Waals surface area contributed by atoms with E-state index < -0.39 is 5.97 Å². The highest BCUT2D eigenvalue weighted by molar-refractivity contribution is 5.95. The first kappa shape index (κ1) is 17.5. The van der Waals surface area contributed by atoms with Gasteiger partial charge in [0, 0.05) is 16.8 Å². The van der Waals surface area contributed by atoms with E-state index >= 15 is 0 Å². The number of rotatable bonds is 5. The molecule has 0 fully saturated rings. The highest BCUT2D eigenvalue weighted by Crippen LogP contribution is 2.39. The average Bonchev–Trinajstić information content (AvgIpc) is 2.84. The molecule has 1 aromatic carbocycles. The van der Waals surface area contributed by atoms with E-state index in [2.05, 4.69) is 20.2 Å². The maximum Gasteiger partial charge on any atom is 0.326 e. The first-order chi connectivity index (χ1) is 12.5. The number of carbonyl (C=O) groups is 1. The summed E-state index contributed by atoms with van der Waals surface area (Å²) in [6.45, 7) is 5.58. The van der Waals surface area contributed by atoms with Crippen LogP contribution in [0.4, 0.5) is 11.6 Å². The number of aryl methyl sites for hydroxylation is 2. The molecular weight excluding hydrogens is 334 g/mol. The van der Waals surface area contributed by atoms with Gasteiger partial charge in [-0.05, 0) is 32.9 Å². The molecule has 1 N–H and O–H groups in total. The number of fused-ring (bicyclic) bond motifs is 1. The topological polar surface area (TPSA) is 102 Å². The molecule has 0 spiro atoms. The van der Waals surface area contributed by atoms with Crippen LogP contribution in [0.15, 0.2) is 40.6 Å². The smallest absolute Gasteiger partial charge is 0.326 e. The van der Waals surface area contributed by atoms with E-state index in [9.17, 15) is 9.90 Å². The second-order valence-corrected chi connectivity index (χ2v) is 5.73. The summed E-state index contributed by atoms with van der Waals surface area (Å²) in [4.78, 5) is 20.3. The van der Waals surface area contributed by atoms with Gasteiger partial charge in [-0.1, -0.05) is 18.2 Å². The molecule has 0 amide bonds. The molecule has 134 valence electrons. The maximum absolute atomic E-state index is 11.8. The number of aromatic nitrogens is 3. The number of nitrogens with zero attached hydrogens (tertiary/aromatic N) is 5. The van der Waals surface area contributed by atoms with Gasteiger partial charge in [-0.25, -0.2) is 9.97 Å². The Labute approximate surface area is 150 Å². The molecule has 3 rings (SSSR count). The number of ether oxygens (including phenoxy) is 1. The van der Waals surface area contributed by atoms with E-state index in [4.69, 9.17) is 4.74 Å². The molecule has 8 nitrogen and oxygen atoms in total. The van der Waals surface area contributed by atoms with Crippen molar-refractivity contribution in [2.24, 2.45) is 10.2 Å². The minimum absolute atomic E-state index is 0.115. The lowest BCUT2D eigenvalue weighted by atomic mass is 10.2. The molecule has 0 saturated carbocycles. The maximum atomic E-state index is 11.8. The van der Waals surface area contributed by atoms with Crippen molar-refractivity contribution in [1.82, 2.24) is 14.5 Å². The van der Waals surface area contributed by atoms with Crippen LogP contribution in [0.25, 0.3) is 10.9 Å². The van der Waals surface area contributed by atoms with Gasteiger partial charge in [-0.2, -0.15) is 0 Å². The average molecular weight is 353 g/mol. The van der Waals surface area contributed by atoms with Crippen LogP contribution in [0.5, 0.6) is 5.88 Å². The molecule has 0 atom stereocenters. The Balaban J connectivity index is 2.04. The SMILES string of the molecule is CCOC(=O)Cn1c(O)c(N=Nc2nc(C)cc(C)n2)c2ccccc21. The van der Waals surface area contributed by atoms with Crippen LogP contribution in [0.2, 0.25) is 0 Å². The third-order valence-corrected chi connectivity index (χ3v) is 3.72. The molecule has 0 bridgehead atoms. The van der Waals surface area contributed by atoms with E-state index in [0.29, 0.717) is 10.9 Å². The molecule has 0 radical (unpaired) electrons. The van der Waals surface area contributed by atoms with Gasteiger partial charge in [-0.15, -0.1) is 10.2 Å². The lowest BCUT2D eigenvalue weighted by molar-refractivity contribution is -0.143. The van der Waals surface area contributed by atoms with Gasteiger partial charge in [0.2, 0.25) is 5.88 Å². The van der Waals surface area contributed by atoms with Crippen molar-refractivity contribution in [2.45, 2.75) is 27.3 Å². The Kier molecular flexibility index (Phi) is 4.92. The van der Waals surface area contributed by atoms with Crippen molar-refractivity contribution in [3.63, 3.8) is 0 Å². The van der Waals surface area contributed by atoms with Gasteiger partial charge in [0.25, 0.3) is 5.95 Å². The second kappa shape index (κ2) is 7.30. The summed E-state index contributed by atoms with van der Waals surface area (Å²) in [6.07, 6.45) is 0. The minimum atomic E-state index is -0.440. The quantitative estimate of drug-likeness (QED) is 0.556. The summed E-state index contributed by atoms with van der Waals surface area (Å²) in [5.41, 5.74) is 2.47. The molecule has 26 heavy (non-hydrogen) atoms. The van der Waals surface area contributed by atoms with Gasteiger partial charge >= 0.3 is 5.97 Å². The van der Waals surface area contributed by atoms with Crippen LogP contribution in [0.1, 0.15) is 18.3 Å². The second-order valence-electron chi connectivity index (χ2n) is 5.73. The number of benzene rings is 1. The fourth-order valence-corrected chi connectivity index (χ4v) is 2.71. The van der Waals surface area contributed by atoms with Gasteiger partial charge in [0.1, 0.15) is 6.54 Å². The van der Waals surface area contributed by atoms with Gasteiger partial charge in [-0.3, -0.25) is 9.36 Å². The summed E-state index contributed by atoms with van der Waals surface area (Å²) in [5, 5.41) is 19.4. The van der Waals surface area contributed by atoms with E-state index in [1.807, 2.05) is 32.0 Å². The molecule has 3 aromatic rings. The Hall–Kier alpha value is -3.29. The standard InChI is InChI=1S/C18H19N5O3/c1-4-26-15(24)10-23-14-8-6-5-7-13(14)16(17(23)25)21-22-18-19-11(2)9-12(3)20-18/h5-9,25H,4,10H2,1-3H3. The van der Waals surface area contributed by atoms with Gasteiger partial charge in [0.15, 0.2) is 5.69 Å². The monoisotopic (exact) mass is 353 g/mol. The van der Waals surface area contributed by atoms with Gasteiger partial charge in [0.05, 0.1) is 12.1 Å². The van der Waals surface area contributed by atoms with Crippen molar-refractivity contribution in [1.29, 1.82) is 0 Å². The first-order valence-corrected chi connectivity index (χ1v) is 8.19. The molecule has 8 heteroatoms. The Bertz CT molecular complexity index is 974. The number of hydrogen-bond acceptors (Lipinski definition) is 7. The van der Waals surface area contributed by atoms with Crippen molar-refractivity contribution in [3.8, 4) is 5.88 Å². The largest absolute Gasteiger partial charge is 0.493 e. The van der Waals surface area contributed by atoms with Crippen molar-refractivity contribution in [2.75, 3.05) is 6.61 Å². The van der Waals surface area contributed by atoms with E-state index in [1.54, 1.807) is 19.1 Å². The summed E-state index contributed by atoms with van der Waals surface area (Å²) in [7, 11) is 0. The number of hydrogen-bond donors (Lipinski definition) is 1. The van der Waals surface area contributed by atoms with E-state index in [-0.39, 0.29) is 30.7 Å². The summed E-state index contributed by atoms with van der Waals surface area (Å²) in [6, 6.07) is 9.07. The van der Waals surface area contributed by atoms with Gasteiger partial charge < -0.3 is 9.84 Å². The Morgan fingerprint density at radius 2 is 1.88 bits per heavy atom. The molecule has 0 aliphatic rings. The number of carbonyl (C=O) groups excluding carboxylic acids is 1. The van der Waals surface area contributed by atoms with Crippen LogP contribution in [0, 0.1) is 13.8 Å². The van der Waals surface area contributed by atoms with Crippen molar-refractivity contribution < 1.29 is 14.6 Å². The van der Waals surface area contributed by atoms with Crippen LogP contribution in [0.3, 0.4) is 0 Å². The van der Waals surface area contributed by atoms with E-state index in [0.717, 1.165) is 11.4 Å². The zero-order valence-corrected chi connectivity index (χ0v) is 14.8. The number of azo groups is 1. The number of esters is 1. The molecule has 2 heterocycles. The number of aromatic hydroxyl groups is 1. The lowest BCUT2D eigenvalue weighted by Gasteiger charge is -2.06. The zero-order valence-electron chi connectivity index (χ0n) is 14.8. The third kappa shape index (κ3) is 3.53. The number of para-hydroxylation sites is 1. The highest BCUT2D eigenvalue weighted by atomic mass is 16.5. The lowest BCUT2D eigenvalue weighted by Crippen LogP contribution is -2.12.